The first-order valence-corrected chi connectivity index (χ1v) is 6.24. The van der Waals surface area contributed by atoms with Crippen LogP contribution in [-0.2, 0) is 9.47 Å². The normalized spacial score (nSPS) is 13.3. The molecule has 0 heterocycles. The predicted octanol–water partition coefficient (Wildman–Crippen LogP) is 4.30. The fourth-order valence-corrected chi connectivity index (χ4v) is 1.36. The largest absolute Gasteiger partial charge is 0.509 e. The van der Waals surface area contributed by atoms with Gasteiger partial charge in [-0.2, -0.15) is 0 Å². The third-order valence-corrected chi connectivity index (χ3v) is 2.15. The maximum Gasteiger partial charge on any atom is 0.509 e. The van der Waals surface area contributed by atoms with Gasteiger partial charge in [-0.3, -0.25) is 0 Å². The zero-order chi connectivity index (χ0) is 12.6. The van der Waals surface area contributed by atoms with Crippen molar-refractivity contribution >= 4 is 6.16 Å². The molecule has 0 bridgehead atoms. The van der Waals surface area contributed by atoms with Gasteiger partial charge in [-0.1, -0.05) is 26.2 Å². The Kier molecular flexibility index (Phi) is 7.18. The third kappa shape index (κ3) is 9.81. The standard InChI is InChI=1S/C13H26O3/c1-6-7-8-9-10-11(2)15-12(14)16-13(3,4)5/h11H,6-10H2,1-5H3. The number of unbranched alkanes of at least 4 members (excludes halogenated alkanes) is 3. The van der Waals surface area contributed by atoms with Crippen LogP contribution in [0.3, 0.4) is 0 Å². The highest BCUT2D eigenvalue weighted by Gasteiger charge is 2.19. The fourth-order valence-electron chi connectivity index (χ4n) is 1.36. The zero-order valence-corrected chi connectivity index (χ0v) is 11.3. The Morgan fingerprint density at radius 3 is 2.31 bits per heavy atom. The van der Waals surface area contributed by atoms with Gasteiger partial charge < -0.3 is 9.47 Å². The monoisotopic (exact) mass is 230 g/mol. The summed E-state index contributed by atoms with van der Waals surface area (Å²) in [6.45, 7) is 9.59. The SMILES string of the molecule is CCCCCCC(C)OC(=O)OC(C)(C)C. The molecule has 0 saturated carbocycles. The number of carbonyl (C=O) groups excluding carboxylic acids is 1. The van der Waals surface area contributed by atoms with Crippen LogP contribution in [0.25, 0.3) is 0 Å². The average molecular weight is 230 g/mol. The fraction of sp³-hybridized carbons (Fsp3) is 0.923. The minimum Gasteiger partial charge on any atom is -0.431 e. The van der Waals surface area contributed by atoms with Crippen LogP contribution in [0.4, 0.5) is 4.79 Å². The van der Waals surface area contributed by atoms with Gasteiger partial charge in [-0.25, -0.2) is 4.79 Å². The van der Waals surface area contributed by atoms with Gasteiger partial charge in [0.25, 0.3) is 0 Å². The van der Waals surface area contributed by atoms with E-state index in [1.807, 2.05) is 27.7 Å². The third-order valence-electron chi connectivity index (χ3n) is 2.15. The smallest absolute Gasteiger partial charge is 0.431 e. The Hall–Kier alpha value is -0.730. The second kappa shape index (κ2) is 7.53. The van der Waals surface area contributed by atoms with Crippen molar-refractivity contribution in [1.82, 2.24) is 0 Å². The number of carbonyl (C=O) groups is 1. The van der Waals surface area contributed by atoms with E-state index in [2.05, 4.69) is 6.92 Å². The topological polar surface area (TPSA) is 35.5 Å². The lowest BCUT2D eigenvalue weighted by molar-refractivity contribution is -0.0249. The van der Waals surface area contributed by atoms with Crippen LogP contribution < -0.4 is 0 Å². The molecule has 0 N–H and O–H groups in total. The highest BCUT2D eigenvalue weighted by atomic mass is 16.7. The molecule has 0 amide bonds. The molecule has 0 spiro atoms. The van der Waals surface area contributed by atoms with Gasteiger partial charge in [0.05, 0.1) is 0 Å². The Morgan fingerprint density at radius 1 is 1.19 bits per heavy atom. The molecule has 16 heavy (non-hydrogen) atoms. The molecule has 3 nitrogen and oxygen atoms in total. The van der Waals surface area contributed by atoms with Crippen molar-refractivity contribution in [3.63, 3.8) is 0 Å². The number of rotatable bonds is 6. The molecule has 3 heteroatoms. The highest BCUT2D eigenvalue weighted by Crippen LogP contribution is 2.12. The summed E-state index contributed by atoms with van der Waals surface area (Å²) in [5.41, 5.74) is -0.473. The summed E-state index contributed by atoms with van der Waals surface area (Å²) in [5, 5.41) is 0. The van der Waals surface area contributed by atoms with Crippen LogP contribution in [0.15, 0.2) is 0 Å². The van der Waals surface area contributed by atoms with Gasteiger partial charge in [0.15, 0.2) is 0 Å². The molecule has 0 aliphatic rings. The van der Waals surface area contributed by atoms with E-state index in [9.17, 15) is 4.79 Å². The van der Waals surface area contributed by atoms with E-state index < -0.39 is 11.8 Å². The first kappa shape index (κ1) is 15.3. The van der Waals surface area contributed by atoms with Gasteiger partial charge in [-0.15, -0.1) is 0 Å². The van der Waals surface area contributed by atoms with Crippen molar-refractivity contribution in [2.75, 3.05) is 0 Å². The molecular weight excluding hydrogens is 204 g/mol. The van der Waals surface area contributed by atoms with E-state index in [0.29, 0.717) is 0 Å². The molecule has 0 saturated heterocycles. The summed E-state index contributed by atoms with van der Waals surface area (Å²) in [7, 11) is 0. The van der Waals surface area contributed by atoms with E-state index in [1.54, 1.807) is 0 Å². The molecule has 0 fully saturated rings. The lowest BCUT2D eigenvalue weighted by atomic mass is 10.1. The van der Waals surface area contributed by atoms with E-state index in [4.69, 9.17) is 9.47 Å². The van der Waals surface area contributed by atoms with Gasteiger partial charge in [0, 0.05) is 0 Å². The Bertz CT molecular complexity index is 194. The molecule has 0 rings (SSSR count). The number of hydrogen-bond acceptors (Lipinski definition) is 3. The van der Waals surface area contributed by atoms with Crippen LogP contribution in [0, 0.1) is 0 Å². The minimum absolute atomic E-state index is 0.0493. The molecule has 96 valence electrons. The quantitative estimate of drug-likeness (QED) is 0.504. The summed E-state index contributed by atoms with van der Waals surface area (Å²) in [6.07, 6.45) is 5.10. The van der Waals surface area contributed by atoms with E-state index in [-0.39, 0.29) is 6.10 Å². The van der Waals surface area contributed by atoms with Gasteiger partial charge in [-0.05, 0) is 40.5 Å². The average Bonchev–Trinajstić information content (AvgIpc) is 2.09. The molecule has 1 atom stereocenters. The molecule has 0 aromatic carbocycles. The van der Waals surface area contributed by atoms with Crippen molar-refractivity contribution in [2.24, 2.45) is 0 Å². The molecule has 0 radical (unpaired) electrons. The summed E-state index contributed by atoms with van der Waals surface area (Å²) < 4.78 is 10.2. The van der Waals surface area contributed by atoms with E-state index in [1.165, 1.54) is 19.3 Å². The van der Waals surface area contributed by atoms with Gasteiger partial charge >= 0.3 is 6.16 Å². The maximum absolute atomic E-state index is 11.3. The molecule has 0 aromatic heterocycles. The van der Waals surface area contributed by atoms with Crippen LogP contribution in [0.5, 0.6) is 0 Å². The summed E-state index contributed by atoms with van der Waals surface area (Å²) in [4.78, 5) is 11.3. The predicted molar refractivity (Wildman–Crippen MR) is 65.5 cm³/mol. The van der Waals surface area contributed by atoms with Gasteiger partial charge in [0.2, 0.25) is 0 Å². The zero-order valence-electron chi connectivity index (χ0n) is 11.3. The Morgan fingerprint density at radius 2 is 1.81 bits per heavy atom. The summed E-state index contributed by atoms with van der Waals surface area (Å²) in [5.74, 6) is 0. The molecule has 0 aliphatic heterocycles. The minimum atomic E-state index is -0.560. The summed E-state index contributed by atoms with van der Waals surface area (Å²) in [6, 6.07) is 0. The Labute approximate surface area is 99.5 Å². The van der Waals surface area contributed by atoms with Crippen LogP contribution in [0.1, 0.15) is 66.7 Å². The van der Waals surface area contributed by atoms with Crippen molar-refractivity contribution in [2.45, 2.75) is 78.4 Å². The first-order valence-electron chi connectivity index (χ1n) is 6.24. The Balaban J connectivity index is 3.62. The molecule has 0 aliphatic carbocycles. The van der Waals surface area contributed by atoms with Crippen molar-refractivity contribution < 1.29 is 14.3 Å². The van der Waals surface area contributed by atoms with Crippen molar-refractivity contribution in [3.8, 4) is 0 Å². The first-order chi connectivity index (χ1) is 7.35. The molecule has 0 aromatic rings. The van der Waals surface area contributed by atoms with Crippen LogP contribution >= 0.6 is 0 Å². The molecular formula is C13H26O3. The second-order valence-corrected chi connectivity index (χ2v) is 5.24. The van der Waals surface area contributed by atoms with Gasteiger partial charge in [0.1, 0.15) is 11.7 Å². The van der Waals surface area contributed by atoms with Crippen LogP contribution in [-0.4, -0.2) is 17.9 Å². The molecule has 1 unspecified atom stereocenters. The number of ether oxygens (including phenoxy) is 2. The maximum atomic E-state index is 11.3. The highest BCUT2D eigenvalue weighted by molar-refractivity contribution is 5.60. The number of hydrogen-bond donors (Lipinski definition) is 0. The van der Waals surface area contributed by atoms with Crippen LogP contribution in [0.2, 0.25) is 0 Å². The van der Waals surface area contributed by atoms with E-state index >= 15 is 0 Å². The second-order valence-electron chi connectivity index (χ2n) is 5.24. The lowest BCUT2D eigenvalue weighted by Gasteiger charge is -2.21. The van der Waals surface area contributed by atoms with Crippen molar-refractivity contribution in [3.05, 3.63) is 0 Å². The van der Waals surface area contributed by atoms with E-state index in [0.717, 1.165) is 12.8 Å². The lowest BCUT2D eigenvalue weighted by Crippen LogP contribution is -2.26. The van der Waals surface area contributed by atoms with Crippen molar-refractivity contribution in [1.29, 1.82) is 0 Å². The summed E-state index contributed by atoms with van der Waals surface area (Å²) >= 11 is 0.